The minimum absolute atomic E-state index is 0.0376. The molecule has 0 unspecified atom stereocenters. The van der Waals surface area contributed by atoms with Gasteiger partial charge in [0.25, 0.3) is 0 Å². The Morgan fingerprint density at radius 1 is 0.828 bits per heavy atom. The summed E-state index contributed by atoms with van der Waals surface area (Å²) in [6.07, 6.45) is 11.0. The third kappa shape index (κ3) is 7.52. The summed E-state index contributed by atoms with van der Waals surface area (Å²) in [7, 11) is 0. The van der Waals surface area contributed by atoms with Crippen molar-refractivity contribution in [2.45, 2.75) is 72.1 Å². The smallest absolute Gasteiger partial charge is 0.178 e. The van der Waals surface area contributed by atoms with Gasteiger partial charge in [0.15, 0.2) is 5.78 Å². The standard InChI is InChI=1S/C25H35NO3/c1-4-6-8-10-17-28-23-13-12-14-24(29-18-11-9-7-5-2)25(23)21-15-16-22(20(3)27)26-19-21/h12-16,19H,4-11,17-18H2,1-3H3. The van der Waals surface area contributed by atoms with E-state index in [1.807, 2.05) is 24.3 Å². The van der Waals surface area contributed by atoms with E-state index in [1.54, 1.807) is 12.3 Å². The number of ketones is 1. The second-order valence-electron chi connectivity index (χ2n) is 7.44. The van der Waals surface area contributed by atoms with Crippen LogP contribution < -0.4 is 9.47 Å². The van der Waals surface area contributed by atoms with Crippen molar-refractivity contribution in [3.63, 3.8) is 0 Å². The maximum Gasteiger partial charge on any atom is 0.178 e. The first kappa shape index (κ1) is 22.9. The van der Waals surface area contributed by atoms with Crippen molar-refractivity contribution in [3.8, 4) is 22.6 Å². The van der Waals surface area contributed by atoms with E-state index in [0.717, 1.165) is 35.5 Å². The summed E-state index contributed by atoms with van der Waals surface area (Å²) in [6, 6.07) is 9.63. The van der Waals surface area contributed by atoms with Gasteiger partial charge in [0.05, 0.1) is 18.8 Å². The van der Waals surface area contributed by atoms with Crippen LogP contribution in [0.25, 0.3) is 11.1 Å². The van der Waals surface area contributed by atoms with E-state index in [2.05, 4.69) is 18.8 Å². The van der Waals surface area contributed by atoms with Crippen molar-refractivity contribution in [3.05, 3.63) is 42.2 Å². The lowest BCUT2D eigenvalue weighted by molar-refractivity contribution is 0.101. The van der Waals surface area contributed by atoms with Gasteiger partial charge in [-0.2, -0.15) is 0 Å². The molecule has 158 valence electrons. The van der Waals surface area contributed by atoms with Gasteiger partial charge in [0.1, 0.15) is 17.2 Å². The molecule has 0 saturated carbocycles. The molecule has 2 aromatic rings. The van der Waals surface area contributed by atoms with E-state index in [4.69, 9.17) is 9.47 Å². The molecule has 0 radical (unpaired) electrons. The Morgan fingerprint density at radius 2 is 1.41 bits per heavy atom. The van der Waals surface area contributed by atoms with E-state index in [0.29, 0.717) is 18.9 Å². The Morgan fingerprint density at radius 3 is 1.86 bits per heavy atom. The van der Waals surface area contributed by atoms with Gasteiger partial charge in [-0.15, -0.1) is 0 Å². The number of nitrogens with zero attached hydrogens (tertiary/aromatic N) is 1. The molecule has 0 fully saturated rings. The molecule has 0 aliphatic carbocycles. The molecule has 1 aromatic heterocycles. The first-order valence-electron chi connectivity index (χ1n) is 11.0. The lowest BCUT2D eigenvalue weighted by Crippen LogP contribution is -2.03. The van der Waals surface area contributed by atoms with Crippen LogP contribution in [0.3, 0.4) is 0 Å². The van der Waals surface area contributed by atoms with Crippen molar-refractivity contribution in [2.24, 2.45) is 0 Å². The normalized spacial score (nSPS) is 10.7. The van der Waals surface area contributed by atoms with Gasteiger partial charge in [0.2, 0.25) is 0 Å². The number of carbonyl (C=O) groups excluding carboxylic acids is 1. The Labute approximate surface area is 175 Å². The Bertz CT molecular complexity index is 708. The average Bonchev–Trinajstić information content (AvgIpc) is 2.73. The van der Waals surface area contributed by atoms with Crippen molar-refractivity contribution < 1.29 is 14.3 Å². The summed E-state index contributed by atoms with van der Waals surface area (Å²) >= 11 is 0. The molecule has 0 aliphatic heterocycles. The van der Waals surface area contributed by atoms with Crippen molar-refractivity contribution >= 4 is 5.78 Å². The van der Waals surface area contributed by atoms with Gasteiger partial charge in [0, 0.05) is 18.7 Å². The zero-order valence-corrected chi connectivity index (χ0v) is 18.2. The number of ether oxygens (including phenoxy) is 2. The van der Waals surface area contributed by atoms with Crippen LogP contribution in [0.1, 0.15) is 82.6 Å². The number of rotatable bonds is 14. The van der Waals surface area contributed by atoms with Crippen LogP contribution in [0.5, 0.6) is 11.5 Å². The van der Waals surface area contributed by atoms with Crippen LogP contribution in [0.4, 0.5) is 0 Å². The number of pyridine rings is 1. The van der Waals surface area contributed by atoms with E-state index >= 15 is 0 Å². The van der Waals surface area contributed by atoms with Gasteiger partial charge in [-0.1, -0.05) is 64.5 Å². The third-order valence-corrected chi connectivity index (χ3v) is 4.91. The van der Waals surface area contributed by atoms with Gasteiger partial charge in [-0.3, -0.25) is 9.78 Å². The molecule has 0 amide bonds. The van der Waals surface area contributed by atoms with E-state index in [1.165, 1.54) is 45.4 Å². The SMILES string of the molecule is CCCCCCOc1cccc(OCCCCCC)c1-c1ccc(C(C)=O)nc1. The monoisotopic (exact) mass is 397 g/mol. The fourth-order valence-corrected chi connectivity index (χ4v) is 3.21. The number of hydrogen-bond donors (Lipinski definition) is 0. The van der Waals surface area contributed by atoms with Gasteiger partial charge in [-0.25, -0.2) is 0 Å². The molecule has 0 bridgehead atoms. The first-order chi connectivity index (χ1) is 14.2. The van der Waals surface area contributed by atoms with Gasteiger partial charge >= 0.3 is 0 Å². The highest BCUT2D eigenvalue weighted by molar-refractivity contribution is 5.92. The van der Waals surface area contributed by atoms with Crippen LogP contribution in [0.15, 0.2) is 36.5 Å². The third-order valence-electron chi connectivity index (χ3n) is 4.91. The topological polar surface area (TPSA) is 48.4 Å². The molecule has 29 heavy (non-hydrogen) atoms. The zero-order chi connectivity index (χ0) is 20.9. The quantitative estimate of drug-likeness (QED) is 0.258. The summed E-state index contributed by atoms with van der Waals surface area (Å²) in [6.45, 7) is 7.31. The summed E-state index contributed by atoms with van der Waals surface area (Å²) in [5, 5.41) is 0. The number of Topliss-reactive ketones (excluding diaryl/α,β-unsaturated/α-hetero) is 1. The molecule has 0 saturated heterocycles. The molecule has 1 aromatic carbocycles. The highest BCUT2D eigenvalue weighted by Gasteiger charge is 2.15. The van der Waals surface area contributed by atoms with Crippen molar-refractivity contribution in [1.82, 2.24) is 4.98 Å². The molecule has 0 N–H and O–H groups in total. The Kier molecular flexibility index (Phi) is 10.3. The maximum absolute atomic E-state index is 11.6. The first-order valence-corrected chi connectivity index (χ1v) is 11.0. The van der Waals surface area contributed by atoms with Crippen molar-refractivity contribution in [2.75, 3.05) is 13.2 Å². The van der Waals surface area contributed by atoms with Crippen LogP contribution in [0.2, 0.25) is 0 Å². The molecule has 4 nitrogen and oxygen atoms in total. The average molecular weight is 398 g/mol. The lowest BCUT2D eigenvalue weighted by Gasteiger charge is -2.17. The molecule has 0 aliphatic rings. The number of hydrogen-bond acceptors (Lipinski definition) is 4. The van der Waals surface area contributed by atoms with E-state index in [9.17, 15) is 4.79 Å². The molecule has 1 heterocycles. The summed E-state index contributed by atoms with van der Waals surface area (Å²) in [5.41, 5.74) is 2.29. The minimum Gasteiger partial charge on any atom is -0.493 e. The summed E-state index contributed by atoms with van der Waals surface area (Å²) in [4.78, 5) is 15.9. The maximum atomic E-state index is 11.6. The predicted molar refractivity (Wildman–Crippen MR) is 119 cm³/mol. The van der Waals surface area contributed by atoms with Crippen LogP contribution >= 0.6 is 0 Å². The number of carbonyl (C=O) groups is 1. The van der Waals surface area contributed by atoms with Gasteiger partial charge in [-0.05, 0) is 31.0 Å². The Hall–Kier alpha value is -2.36. The van der Waals surface area contributed by atoms with Crippen LogP contribution in [-0.4, -0.2) is 24.0 Å². The molecule has 0 atom stereocenters. The fraction of sp³-hybridized carbons (Fsp3) is 0.520. The lowest BCUT2D eigenvalue weighted by atomic mass is 10.0. The van der Waals surface area contributed by atoms with E-state index in [-0.39, 0.29) is 5.78 Å². The van der Waals surface area contributed by atoms with Crippen LogP contribution in [0, 0.1) is 0 Å². The van der Waals surface area contributed by atoms with E-state index < -0.39 is 0 Å². The molecule has 4 heteroatoms. The Balaban J connectivity index is 2.20. The van der Waals surface area contributed by atoms with Gasteiger partial charge < -0.3 is 9.47 Å². The highest BCUT2D eigenvalue weighted by atomic mass is 16.5. The molecule has 0 spiro atoms. The fourth-order valence-electron chi connectivity index (χ4n) is 3.21. The largest absolute Gasteiger partial charge is 0.493 e. The molecular formula is C25H35NO3. The number of aromatic nitrogens is 1. The number of unbranched alkanes of at least 4 members (excludes halogenated alkanes) is 6. The summed E-state index contributed by atoms with van der Waals surface area (Å²) in [5.74, 6) is 1.58. The predicted octanol–water partition coefficient (Wildman–Crippen LogP) is 6.87. The molecule has 2 rings (SSSR count). The minimum atomic E-state index is -0.0376. The van der Waals surface area contributed by atoms with Crippen molar-refractivity contribution in [1.29, 1.82) is 0 Å². The second-order valence-corrected chi connectivity index (χ2v) is 7.44. The molecular weight excluding hydrogens is 362 g/mol. The zero-order valence-electron chi connectivity index (χ0n) is 18.2. The summed E-state index contributed by atoms with van der Waals surface area (Å²) < 4.78 is 12.3. The second kappa shape index (κ2) is 13.0. The highest BCUT2D eigenvalue weighted by Crippen LogP contribution is 2.38. The number of benzene rings is 1. The van der Waals surface area contributed by atoms with Crippen LogP contribution in [-0.2, 0) is 0 Å².